The van der Waals surface area contributed by atoms with E-state index >= 15 is 0 Å². The molecule has 140 valence electrons. The number of anilines is 1. The first-order chi connectivity index (χ1) is 12.3. The van der Waals surface area contributed by atoms with Gasteiger partial charge in [0.1, 0.15) is 4.21 Å². The predicted molar refractivity (Wildman–Crippen MR) is 101 cm³/mol. The zero-order valence-electron chi connectivity index (χ0n) is 13.9. The van der Waals surface area contributed by atoms with Crippen molar-refractivity contribution < 1.29 is 27.5 Å². The fourth-order valence-electron chi connectivity index (χ4n) is 1.99. The average molecular weight is 462 g/mol. The van der Waals surface area contributed by atoms with Gasteiger partial charge in [-0.15, -0.1) is 11.3 Å². The Morgan fingerprint density at radius 3 is 2.31 bits per heavy atom. The Labute approximate surface area is 163 Å². The molecule has 26 heavy (non-hydrogen) atoms. The van der Waals surface area contributed by atoms with Crippen LogP contribution in [0.1, 0.15) is 34.6 Å². The zero-order valence-corrected chi connectivity index (χ0v) is 17.2. The van der Waals surface area contributed by atoms with Gasteiger partial charge < -0.3 is 9.47 Å². The molecule has 10 heteroatoms. The van der Waals surface area contributed by atoms with E-state index in [-0.39, 0.29) is 34.2 Å². The monoisotopic (exact) mass is 461 g/mol. The fraction of sp³-hybridized carbons (Fsp3) is 0.250. The molecule has 0 saturated heterocycles. The SMILES string of the molecule is CCOC(=O)c1ccc(C(=O)OCC)c(NS(=O)(=O)c2ccc(Br)s2)c1. The molecule has 1 aromatic heterocycles. The number of hydrogen-bond donors (Lipinski definition) is 1. The highest BCUT2D eigenvalue weighted by atomic mass is 79.9. The van der Waals surface area contributed by atoms with E-state index in [2.05, 4.69) is 20.7 Å². The molecule has 0 unspecified atom stereocenters. The molecule has 7 nitrogen and oxygen atoms in total. The van der Waals surface area contributed by atoms with Crippen molar-refractivity contribution in [1.29, 1.82) is 0 Å². The largest absolute Gasteiger partial charge is 0.462 e. The summed E-state index contributed by atoms with van der Waals surface area (Å²) in [6, 6.07) is 6.98. The van der Waals surface area contributed by atoms with Crippen LogP contribution >= 0.6 is 27.3 Å². The third-order valence-corrected chi connectivity index (χ3v) is 6.56. The lowest BCUT2D eigenvalue weighted by atomic mass is 10.1. The van der Waals surface area contributed by atoms with Gasteiger partial charge in [0.05, 0.1) is 33.8 Å². The summed E-state index contributed by atoms with van der Waals surface area (Å²) in [5.41, 5.74) is 0.0579. The topological polar surface area (TPSA) is 98.8 Å². The average Bonchev–Trinajstić information content (AvgIpc) is 3.02. The molecule has 1 heterocycles. The van der Waals surface area contributed by atoms with Crippen LogP contribution in [-0.2, 0) is 19.5 Å². The molecule has 1 N–H and O–H groups in total. The Morgan fingerprint density at radius 1 is 1.08 bits per heavy atom. The summed E-state index contributed by atoms with van der Waals surface area (Å²) in [7, 11) is -3.94. The molecule has 0 aliphatic rings. The van der Waals surface area contributed by atoms with Crippen molar-refractivity contribution in [2.45, 2.75) is 18.1 Å². The second-order valence-electron chi connectivity index (χ2n) is 4.87. The van der Waals surface area contributed by atoms with Crippen LogP contribution in [-0.4, -0.2) is 33.6 Å². The molecule has 0 saturated carbocycles. The molecule has 1 aromatic carbocycles. The maximum Gasteiger partial charge on any atom is 0.340 e. The van der Waals surface area contributed by atoms with Gasteiger partial charge in [-0.05, 0) is 60.1 Å². The fourth-order valence-corrected chi connectivity index (χ4v) is 5.07. The van der Waals surface area contributed by atoms with Crippen molar-refractivity contribution in [3.05, 3.63) is 45.2 Å². The van der Waals surface area contributed by atoms with Gasteiger partial charge in [0.2, 0.25) is 0 Å². The number of benzene rings is 1. The van der Waals surface area contributed by atoms with Crippen molar-refractivity contribution in [2.75, 3.05) is 17.9 Å². The Kier molecular flexibility index (Phi) is 6.79. The lowest BCUT2D eigenvalue weighted by Gasteiger charge is -2.13. The van der Waals surface area contributed by atoms with E-state index in [1.54, 1.807) is 19.9 Å². The highest BCUT2D eigenvalue weighted by molar-refractivity contribution is 9.11. The zero-order chi connectivity index (χ0) is 19.3. The lowest BCUT2D eigenvalue weighted by molar-refractivity contribution is 0.0512. The van der Waals surface area contributed by atoms with Crippen LogP contribution in [0.5, 0.6) is 0 Å². The lowest BCUT2D eigenvalue weighted by Crippen LogP contribution is -2.17. The van der Waals surface area contributed by atoms with Gasteiger partial charge in [-0.2, -0.15) is 0 Å². The van der Waals surface area contributed by atoms with Gasteiger partial charge >= 0.3 is 11.9 Å². The molecule has 0 amide bonds. The molecular formula is C16H16BrNO6S2. The van der Waals surface area contributed by atoms with Gasteiger partial charge in [-0.25, -0.2) is 18.0 Å². The number of sulfonamides is 1. The summed E-state index contributed by atoms with van der Waals surface area (Å²) in [6.07, 6.45) is 0. The van der Waals surface area contributed by atoms with E-state index in [4.69, 9.17) is 9.47 Å². The molecule has 0 aliphatic carbocycles. The highest BCUT2D eigenvalue weighted by Crippen LogP contribution is 2.29. The minimum absolute atomic E-state index is 0.000838. The van der Waals surface area contributed by atoms with Gasteiger partial charge in [-0.3, -0.25) is 4.72 Å². The van der Waals surface area contributed by atoms with Crippen molar-refractivity contribution in [3.8, 4) is 0 Å². The van der Waals surface area contributed by atoms with Crippen LogP contribution < -0.4 is 4.72 Å². The van der Waals surface area contributed by atoms with Crippen LogP contribution in [0.15, 0.2) is 38.3 Å². The molecule has 2 rings (SSSR count). The summed E-state index contributed by atoms with van der Waals surface area (Å²) in [5, 5.41) is 0. The maximum atomic E-state index is 12.6. The smallest absolute Gasteiger partial charge is 0.340 e. The summed E-state index contributed by atoms with van der Waals surface area (Å²) in [4.78, 5) is 24.0. The number of nitrogens with one attached hydrogen (secondary N) is 1. The normalized spacial score (nSPS) is 11.0. The highest BCUT2D eigenvalue weighted by Gasteiger charge is 2.22. The summed E-state index contributed by atoms with van der Waals surface area (Å²) in [5.74, 6) is -1.32. The van der Waals surface area contributed by atoms with Crippen LogP contribution in [0.4, 0.5) is 5.69 Å². The number of ether oxygens (including phenoxy) is 2. The van der Waals surface area contributed by atoms with Gasteiger partial charge in [-0.1, -0.05) is 0 Å². The summed E-state index contributed by atoms with van der Waals surface area (Å²) in [6.45, 7) is 3.59. The van der Waals surface area contributed by atoms with Crippen LogP contribution in [0.25, 0.3) is 0 Å². The number of thiophene rings is 1. The van der Waals surface area contributed by atoms with Crippen LogP contribution in [0.2, 0.25) is 0 Å². The third-order valence-electron chi connectivity index (χ3n) is 3.08. The van der Waals surface area contributed by atoms with Crippen LogP contribution in [0, 0.1) is 0 Å². The van der Waals surface area contributed by atoms with Gasteiger partial charge in [0, 0.05) is 0 Å². The maximum absolute atomic E-state index is 12.6. The molecule has 0 radical (unpaired) electrons. The Hall–Kier alpha value is -1.91. The van der Waals surface area contributed by atoms with Crippen molar-refractivity contribution in [3.63, 3.8) is 0 Å². The van der Waals surface area contributed by atoms with E-state index < -0.39 is 22.0 Å². The van der Waals surface area contributed by atoms with Gasteiger partial charge in [0.25, 0.3) is 10.0 Å². The van der Waals surface area contributed by atoms with Crippen molar-refractivity contribution in [2.24, 2.45) is 0 Å². The Balaban J connectivity index is 2.46. The first kappa shape index (κ1) is 20.4. The van der Waals surface area contributed by atoms with E-state index in [0.29, 0.717) is 3.79 Å². The number of hydrogen-bond acceptors (Lipinski definition) is 7. The number of carbonyl (C=O) groups is 2. The van der Waals surface area contributed by atoms with E-state index in [9.17, 15) is 18.0 Å². The molecule has 0 bridgehead atoms. The minimum Gasteiger partial charge on any atom is -0.462 e. The second kappa shape index (κ2) is 8.65. The first-order valence-electron chi connectivity index (χ1n) is 7.55. The summed E-state index contributed by atoms with van der Waals surface area (Å²) < 4.78 is 38.0. The predicted octanol–water partition coefficient (Wildman–Crippen LogP) is 3.66. The molecule has 0 spiro atoms. The molecule has 0 fully saturated rings. The van der Waals surface area contributed by atoms with E-state index in [1.807, 2.05) is 0 Å². The summed E-state index contributed by atoms with van der Waals surface area (Å²) >= 11 is 4.22. The second-order valence-corrected chi connectivity index (χ2v) is 9.24. The van der Waals surface area contributed by atoms with E-state index in [1.165, 1.54) is 24.3 Å². The molecule has 0 atom stereocenters. The first-order valence-corrected chi connectivity index (χ1v) is 10.6. The number of esters is 2. The molecular weight excluding hydrogens is 446 g/mol. The minimum atomic E-state index is -3.94. The Morgan fingerprint density at radius 2 is 1.73 bits per heavy atom. The number of rotatable bonds is 7. The molecule has 0 aliphatic heterocycles. The van der Waals surface area contributed by atoms with E-state index in [0.717, 1.165) is 11.3 Å². The van der Waals surface area contributed by atoms with Gasteiger partial charge in [0.15, 0.2) is 0 Å². The Bertz CT molecular complexity index is 923. The third kappa shape index (κ3) is 4.83. The van der Waals surface area contributed by atoms with Crippen molar-refractivity contribution >= 4 is 54.9 Å². The van der Waals surface area contributed by atoms with Crippen LogP contribution in [0.3, 0.4) is 0 Å². The number of halogens is 1. The number of carbonyl (C=O) groups excluding carboxylic acids is 2. The standard InChI is InChI=1S/C16H16BrNO6S2/c1-3-23-15(19)10-5-6-11(16(20)24-4-2)12(9-10)18-26(21,22)14-8-7-13(17)25-14/h5-9,18H,3-4H2,1-2H3. The molecule has 2 aromatic rings. The van der Waals surface area contributed by atoms with Crippen molar-refractivity contribution in [1.82, 2.24) is 0 Å². The quantitative estimate of drug-likeness (QED) is 0.631.